The molecule has 2 rings (SSSR count). The van der Waals surface area contributed by atoms with Crippen LogP contribution in [-0.4, -0.2) is 18.6 Å². The van der Waals surface area contributed by atoms with Crippen molar-refractivity contribution in [2.75, 3.05) is 7.11 Å². The normalized spacial score (nSPS) is 27.6. The molecular formula is C11H11F2NO2. The van der Waals surface area contributed by atoms with E-state index in [-0.39, 0.29) is 5.56 Å². The van der Waals surface area contributed by atoms with Gasteiger partial charge in [0.1, 0.15) is 17.2 Å². The number of carbonyl (C=O) groups is 1. The molecule has 3 nitrogen and oxygen atoms in total. The van der Waals surface area contributed by atoms with Crippen LogP contribution >= 0.6 is 0 Å². The maximum absolute atomic E-state index is 13.4. The van der Waals surface area contributed by atoms with E-state index in [2.05, 4.69) is 4.74 Å². The third-order valence-corrected chi connectivity index (χ3v) is 2.91. The maximum Gasteiger partial charge on any atom is 0.326 e. The number of carbonyl (C=O) groups excluding carboxylic acids is 1. The van der Waals surface area contributed by atoms with Crippen LogP contribution in [0.4, 0.5) is 8.78 Å². The summed E-state index contributed by atoms with van der Waals surface area (Å²) in [6.07, 6.45) is 0.322. The van der Waals surface area contributed by atoms with Crippen LogP contribution in [0.1, 0.15) is 17.9 Å². The van der Waals surface area contributed by atoms with Gasteiger partial charge in [-0.15, -0.1) is 0 Å². The van der Waals surface area contributed by atoms with E-state index in [9.17, 15) is 13.6 Å². The zero-order valence-corrected chi connectivity index (χ0v) is 8.67. The van der Waals surface area contributed by atoms with E-state index in [1.54, 1.807) is 0 Å². The number of ether oxygens (including phenoxy) is 1. The standard InChI is InChI=1S/C11H11F2NO2/c1-16-10(15)11(14)5-8(11)7-3-2-6(12)4-9(7)13/h2-4,8H,5,14H2,1H3. The third-order valence-electron chi connectivity index (χ3n) is 2.91. The molecule has 0 aliphatic heterocycles. The first-order valence-electron chi connectivity index (χ1n) is 4.81. The van der Waals surface area contributed by atoms with Crippen molar-refractivity contribution in [2.24, 2.45) is 5.73 Å². The molecule has 2 unspecified atom stereocenters. The van der Waals surface area contributed by atoms with Gasteiger partial charge in [0.15, 0.2) is 0 Å². The van der Waals surface area contributed by atoms with Gasteiger partial charge < -0.3 is 10.5 Å². The molecule has 2 atom stereocenters. The smallest absolute Gasteiger partial charge is 0.326 e. The van der Waals surface area contributed by atoms with Gasteiger partial charge in [0.25, 0.3) is 0 Å². The van der Waals surface area contributed by atoms with Crippen LogP contribution in [0.3, 0.4) is 0 Å². The molecule has 0 spiro atoms. The number of hydrogen-bond donors (Lipinski definition) is 1. The molecular weight excluding hydrogens is 216 g/mol. The second-order valence-corrected chi connectivity index (χ2v) is 3.95. The van der Waals surface area contributed by atoms with Gasteiger partial charge in [-0.3, -0.25) is 4.79 Å². The average Bonchev–Trinajstić information content (AvgIpc) is 2.91. The van der Waals surface area contributed by atoms with Crippen molar-refractivity contribution in [3.8, 4) is 0 Å². The Morgan fingerprint density at radius 1 is 1.56 bits per heavy atom. The predicted octanol–water partition coefficient (Wildman–Crippen LogP) is 1.32. The summed E-state index contributed by atoms with van der Waals surface area (Å²) >= 11 is 0. The van der Waals surface area contributed by atoms with Crippen LogP contribution < -0.4 is 5.73 Å². The highest BCUT2D eigenvalue weighted by molar-refractivity contribution is 5.86. The Labute approximate surface area is 91.2 Å². The van der Waals surface area contributed by atoms with Gasteiger partial charge >= 0.3 is 5.97 Å². The fourth-order valence-electron chi connectivity index (χ4n) is 1.87. The molecule has 16 heavy (non-hydrogen) atoms. The second kappa shape index (κ2) is 3.52. The number of hydrogen-bond acceptors (Lipinski definition) is 3. The summed E-state index contributed by atoms with van der Waals surface area (Å²) in [6, 6.07) is 3.24. The summed E-state index contributed by atoms with van der Waals surface area (Å²) in [4.78, 5) is 11.3. The monoisotopic (exact) mass is 227 g/mol. The van der Waals surface area contributed by atoms with Gasteiger partial charge in [-0.2, -0.15) is 0 Å². The van der Waals surface area contributed by atoms with Crippen molar-refractivity contribution >= 4 is 5.97 Å². The molecule has 1 aliphatic rings. The lowest BCUT2D eigenvalue weighted by molar-refractivity contribution is -0.143. The number of methoxy groups -OCH3 is 1. The molecule has 1 aromatic carbocycles. The maximum atomic E-state index is 13.4. The lowest BCUT2D eigenvalue weighted by Gasteiger charge is -2.09. The summed E-state index contributed by atoms with van der Waals surface area (Å²) in [5, 5.41) is 0. The minimum absolute atomic E-state index is 0.259. The first-order valence-corrected chi connectivity index (χ1v) is 4.81. The van der Waals surface area contributed by atoms with Gasteiger partial charge in [-0.25, -0.2) is 8.78 Å². The van der Waals surface area contributed by atoms with Gasteiger partial charge in [0, 0.05) is 12.0 Å². The number of halogens is 2. The average molecular weight is 227 g/mol. The number of esters is 1. The molecule has 86 valence electrons. The molecule has 1 aliphatic carbocycles. The molecule has 0 heterocycles. The van der Waals surface area contributed by atoms with Gasteiger partial charge in [0.2, 0.25) is 0 Å². The van der Waals surface area contributed by atoms with Crippen LogP contribution in [0.5, 0.6) is 0 Å². The third kappa shape index (κ3) is 1.57. The number of benzene rings is 1. The van der Waals surface area contributed by atoms with Gasteiger partial charge in [-0.05, 0) is 18.1 Å². The minimum Gasteiger partial charge on any atom is -0.468 e. The highest BCUT2D eigenvalue weighted by Crippen LogP contribution is 2.50. The van der Waals surface area contributed by atoms with Crippen molar-refractivity contribution < 1.29 is 18.3 Å². The Balaban J connectivity index is 2.26. The molecule has 0 aromatic heterocycles. The molecule has 2 N–H and O–H groups in total. The summed E-state index contributed by atoms with van der Waals surface area (Å²) in [7, 11) is 1.23. The summed E-state index contributed by atoms with van der Waals surface area (Å²) in [5.74, 6) is -2.33. The summed E-state index contributed by atoms with van der Waals surface area (Å²) in [5.41, 5.74) is 4.85. The van der Waals surface area contributed by atoms with Crippen LogP contribution in [0, 0.1) is 11.6 Å². The fraction of sp³-hybridized carbons (Fsp3) is 0.364. The lowest BCUT2D eigenvalue weighted by Crippen LogP contribution is -2.36. The summed E-state index contributed by atoms with van der Waals surface area (Å²) in [6.45, 7) is 0. The Morgan fingerprint density at radius 3 is 2.81 bits per heavy atom. The van der Waals surface area contributed by atoms with Crippen molar-refractivity contribution in [3.63, 3.8) is 0 Å². The van der Waals surface area contributed by atoms with E-state index in [0.717, 1.165) is 12.1 Å². The van der Waals surface area contributed by atoms with Crippen molar-refractivity contribution in [2.45, 2.75) is 17.9 Å². The highest BCUT2D eigenvalue weighted by Gasteiger charge is 2.59. The van der Waals surface area contributed by atoms with Crippen LogP contribution in [0.15, 0.2) is 18.2 Å². The number of rotatable bonds is 2. The Bertz CT molecular complexity index is 450. The van der Waals surface area contributed by atoms with E-state index >= 15 is 0 Å². The van der Waals surface area contributed by atoms with Crippen molar-refractivity contribution in [1.82, 2.24) is 0 Å². The predicted molar refractivity (Wildman–Crippen MR) is 52.7 cm³/mol. The number of nitrogens with two attached hydrogens (primary N) is 1. The second-order valence-electron chi connectivity index (χ2n) is 3.95. The molecule has 5 heteroatoms. The highest BCUT2D eigenvalue weighted by atomic mass is 19.1. The van der Waals surface area contributed by atoms with Crippen LogP contribution in [-0.2, 0) is 9.53 Å². The zero-order valence-electron chi connectivity index (χ0n) is 8.67. The van der Waals surface area contributed by atoms with Crippen molar-refractivity contribution in [3.05, 3.63) is 35.4 Å². The molecule has 0 saturated heterocycles. The molecule has 0 amide bonds. The van der Waals surface area contributed by atoms with Crippen molar-refractivity contribution in [1.29, 1.82) is 0 Å². The van der Waals surface area contributed by atoms with E-state index < -0.39 is 29.1 Å². The minimum atomic E-state index is -1.16. The van der Waals surface area contributed by atoms with Crippen LogP contribution in [0.25, 0.3) is 0 Å². The molecule has 0 radical (unpaired) electrons. The van der Waals surface area contributed by atoms with E-state index in [1.807, 2.05) is 0 Å². The summed E-state index contributed by atoms with van der Waals surface area (Å²) < 4.78 is 30.6. The van der Waals surface area contributed by atoms with E-state index in [0.29, 0.717) is 6.42 Å². The topological polar surface area (TPSA) is 52.3 Å². The van der Waals surface area contributed by atoms with E-state index in [1.165, 1.54) is 13.2 Å². The largest absolute Gasteiger partial charge is 0.468 e. The fourth-order valence-corrected chi connectivity index (χ4v) is 1.87. The van der Waals surface area contributed by atoms with Crippen LogP contribution in [0.2, 0.25) is 0 Å². The molecule has 1 saturated carbocycles. The van der Waals surface area contributed by atoms with Gasteiger partial charge in [0.05, 0.1) is 7.11 Å². The Hall–Kier alpha value is -1.49. The Morgan fingerprint density at radius 2 is 2.25 bits per heavy atom. The Kier molecular flexibility index (Phi) is 2.42. The first kappa shape index (κ1) is 11.0. The van der Waals surface area contributed by atoms with E-state index in [4.69, 9.17) is 5.73 Å². The molecule has 1 aromatic rings. The first-order chi connectivity index (χ1) is 7.49. The molecule has 1 fully saturated rings. The quantitative estimate of drug-likeness (QED) is 0.775. The SMILES string of the molecule is COC(=O)C1(N)CC1c1ccc(F)cc1F. The van der Waals surface area contributed by atoms with Gasteiger partial charge in [-0.1, -0.05) is 6.07 Å². The zero-order chi connectivity index (χ0) is 11.9. The molecule has 0 bridgehead atoms. The lowest BCUT2D eigenvalue weighted by atomic mass is 10.1.